The summed E-state index contributed by atoms with van der Waals surface area (Å²) in [7, 11) is 0. The molecule has 2 aliphatic rings. The molecule has 0 aromatic rings. The summed E-state index contributed by atoms with van der Waals surface area (Å²) in [6.45, 7) is 11.4. The van der Waals surface area contributed by atoms with Gasteiger partial charge >= 0.3 is 0 Å². The van der Waals surface area contributed by atoms with Crippen molar-refractivity contribution in [2.75, 3.05) is 6.61 Å². The van der Waals surface area contributed by atoms with E-state index in [4.69, 9.17) is 0 Å². The Morgan fingerprint density at radius 3 is 2.76 bits per heavy atom. The zero-order valence-electron chi connectivity index (χ0n) is 14.1. The summed E-state index contributed by atoms with van der Waals surface area (Å²) in [6, 6.07) is 0. The molecule has 1 fully saturated rings. The van der Waals surface area contributed by atoms with Crippen molar-refractivity contribution >= 4 is 0 Å². The summed E-state index contributed by atoms with van der Waals surface area (Å²) < 4.78 is 0. The summed E-state index contributed by atoms with van der Waals surface area (Å²) in [5.41, 5.74) is 4.51. The van der Waals surface area contributed by atoms with Gasteiger partial charge in [-0.1, -0.05) is 36.8 Å². The fourth-order valence-corrected chi connectivity index (χ4v) is 4.35. The molecule has 0 aliphatic heterocycles. The Balaban J connectivity index is 2.26. The molecule has 21 heavy (non-hydrogen) atoms. The Morgan fingerprint density at radius 1 is 1.33 bits per heavy atom. The first-order valence-corrected chi connectivity index (χ1v) is 8.56. The van der Waals surface area contributed by atoms with E-state index in [1.54, 1.807) is 0 Å². The maximum absolute atomic E-state index is 9.59. The minimum absolute atomic E-state index is 0.226. The Kier molecular flexibility index (Phi) is 5.48. The number of allylic oxidation sites excluding steroid dienone is 4. The van der Waals surface area contributed by atoms with Crippen molar-refractivity contribution in [2.24, 2.45) is 17.3 Å². The van der Waals surface area contributed by atoms with Gasteiger partial charge in [0, 0.05) is 0 Å². The van der Waals surface area contributed by atoms with Crippen LogP contribution in [-0.2, 0) is 0 Å². The number of aliphatic hydroxyl groups is 1. The van der Waals surface area contributed by atoms with Crippen LogP contribution in [0.2, 0.25) is 0 Å². The average molecular weight is 288 g/mol. The average Bonchev–Trinajstić information content (AvgIpc) is 2.76. The molecule has 1 N–H and O–H groups in total. The van der Waals surface area contributed by atoms with Gasteiger partial charge in [-0.3, -0.25) is 0 Å². The lowest BCUT2D eigenvalue weighted by atomic mass is 9.70. The first kappa shape index (κ1) is 16.5. The lowest BCUT2D eigenvalue weighted by Crippen LogP contribution is -2.25. The Bertz CT molecular complexity index is 443. The summed E-state index contributed by atoms with van der Waals surface area (Å²) in [4.78, 5) is 0. The first-order valence-electron chi connectivity index (χ1n) is 8.56. The van der Waals surface area contributed by atoms with E-state index < -0.39 is 0 Å². The molecule has 0 unspecified atom stereocenters. The molecule has 2 rings (SSSR count). The van der Waals surface area contributed by atoms with Crippen molar-refractivity contribution < 1.29 is 5.11 Å². The second-order valence-electron chi connectivity index (χ2n) is 7.60. The number of rotatable bonds is 2. The second kappa shape index (κ2) is 6.96. The van der Waals surface area contributed by atoms with Gasteiger partial charge in [0.25, 0.3) is 0 Å². The Hall–Kier alpha value is -0.820. The Labute approximate surface area is 130 Å². The summed E-state index contributed by atoms with van der Waals surface area (Å²) in [5.74, 6) is 1.39. The minimum atomic E-state index is 0.226. The van der Waals surface area contributed by atoms with Crippen LogP contribution in [0.25, 0.3) is 0 Å². The maximum atomic E-state index is 9.59. The molecular formula is C20H32O. The topological polar surface area (TPSA) is 20.2 Å². The molecule has 118 valence electrons. The molecule has 3 atom stereocenters. The third-order valence-electron chi connectivity index (χ3n) is 5.91. The quantitative estimate of drug-likeness (QED) is 0.672. The Morgan fingerprint density at radius 2 is 2.10 bits per heavy atom. The van der Waals surface area contributed by atoms with Gasteiger partial charge in [0.2, 0.25) is 0 Å². The van der Waals surface area contributed by atoms with Crippen LogP contribution in [0.5, 0.6) is 0 Å². The SMILES string of the molecule is C=C(C)[C@H]1CC[C@]2(C)C/C=C(\C)CC/C=C(\CO)CC[C@@H]12. The summed E-state index contributed by atoms with van der Waals surface area (Å²) in [5, 5.41) is 9.59. The lowest BCUT2D eigenvalue weighted by molar-refractivity contribution is 0.192. The zero-order chi connectivity index (χ0) is 15.5. The van der Waals surface area contributed by atoms with Gasteiger partial charge in [-0.25, -0.2) is 0 Å². The highest BCUT2D eigenvalue weighted by Gasteiger charge is 2.44. The number of hydrogen-bond acceptors (Lipinski definition) is 1. The number of fused-ring (bicyclic) bond motifs is 1. The highest BCUT2D eigenvalue weighted by atomic mass is 16.3. The molecule has 0 bridgehead atoms. The molecule has 0 radical (unpaired) electrons. The zero-order valence-corrected chi connectivity index (χ0v) is 14.1. The predicted octanol–water partition coefficient (Wildman–Crippen LogP) is 5.42. The van der Waals surface area contributed by atoms with Gasteiger partial charge in [-0.05, 0) is 81.6 Å². The molecule has 0 heterocycles. The molecule has 0 spiro atoms. The smallest absolute Gasteiger partial charge is 0.0641 e. The highest BCUT2D eigenvalue weighted by molar-refractivity contribution is 5.13. The van der Waals surface area contributed by atoms with Crippen molar-refractivity contribution in [3.05, 3.63) is 35.5 Å². The van der Waals surface area contributed by atoms with E-state index in [1.165, 1.54) is 42.4 Å². The first-order chi connectivity index (χ1) is 9.96. The van der Waals surface area contributed by atoms with E-state index in [-0.39, 0.29) is 6.61 Å². The van der Waals surface area contributed by atoms with Crippen LogP contribution in [-0.4, -0.2) is 11.7 Å². The van der Waals surface area contributed by atoms with E-state index in [1.807, 2.05) is 0 Å². The van der Waals surface area contributed by atoms with Crippen molar-refractivity contribution in [1.82, 2.24) is 0 Å². The molecule has 2 aliphatic carbocycles. The van der Waals surface area contributed by atoms with Gasteiger partial charge in [0.15, 0.2) is 0 Å². The lowest BCUT2D eigenvalue weighted by Gasteiger charge is -2.34. The fourth-order valence-electron chi connectivity index (χ4n) is 4.35. The fraction of sp³-hybridized carbons (Fsp3) is 0.700. The van der Waals surface area contributed by atoms with E-state index in [0.717, 1.165) is 19.3 Å². The van der Waals surface area contributed by atoms with Crippen molar-refractivity contribution in [3.63, 3.8) is 0 Å². The van der Waals surface area contributed by atoms with E-state index in [2.05, 4.69) is 39.5 Å². The van der Waals surface area contributed by atoms with Crippen LogP contribution >= 0.6 is 0 Å². The molecule has 0 amide bonds. The largest absolute Gasteiger partial charge is 0.392 e. The maximum Gasteiger partial charge on any atom is 0.0641 e. The van der Waals surface area contributed by atoms with Crippen LogP contribution < -0.4 is 0 Å². The van der Waals surface area contributed by atoms with Crippen LogP contribution in [0.1, 0.15) is 65.7 Å². The van der Waals surface area contributed by atoms with Crippen molar-refractivity contribution in [1.29, 1.82) is 0 Å². The van der Waals surface area contributed by atoms with E-state index in [0.29, 0.717) is 17.3 Å². The molecule has 1 nitrogen and oxygen atoms in total. The summed E-state index contributed by atoms with van der Waals surface area (Å²) in [6.07, 6.45) is 13.0. The van der Waals surface area contributed by atoms with Gasteiger partial charge in [0.1, 0.15) is 0 Å². The van der Waals surface area contributed by atoms with Crippen LogP contribution in [0, 0.1) is 17.3 Å². The number of aliphatic hydroxyl groups excluding tert-OH is 1. The van der Waals surface area contributed by atoms with Gasteiger partial charge < -0.3 is 5.11 Å². The van der Waals surface area contributed by atoms with E-state index in [9.17, 15) is 5.11 Å². The predicted molar refractivity (Wildman–Crippen MR) is 91.1 cm³/mol. The van der Waals surface area contributed by atoms with Crippen molar-refractivity contribution in [2.45, 2.75) is 65.7 Å². The minimum Gasteiger partial charge on any atom is -0.392 e. The third kappa shape index (κ3) is 3.88. The molecule has 1 saturated carbocycles. The molecule has 0 aromatic carbocycles. The molecule has 1 heteroatoms. The van der Waals surface area contributed by atoms with Crippen molar-refractivity contribution in [3.8, 4) is 0 Å². The molecule has 0 aromatic heterocycles. The molecule has 0 saturated heterocycles. The van der Waals surface area contributed by atoms with Gasteiger partial charge in [-0.2, -0.15) is 0 Å². The summed E-state index contributed by atoms with van der Waals surface area (Å²) >= 11 is 0. The standard InChI is InChI=1S/C20H32O/c1-15(2)18-11-13-20(4)12-10-16(3)6-5-7-17(14-21)8-9-19(18)20/h7,10,18-19,21H,1,5-6,8-9,11-14H2,2-4H3/b16-10+,17-7-/t18-,19+,20+/m1/s1. The van der Waals surface area contributed by atoms with Crippen LogP contribution in [0.4, 0.5) is 0 Å². The monoisotopic (exact) mass is 288 g/mol. The highest BCUT2D eigenvalue weighted by Crippen LogP contribution is 2.53. The van der Waals surface area contributed by atoms with Gasteiger partial charge in [-0.15, -0.1) is 0 Å². The van der Waals surface area contributed by atoms with E-state index >= 15 is 0 Å². The molecular weight excluding hydrogens is 256 g/mol. The van der Waals surface area contributed by atoms with Gasteiger partial charge in [0.05, 0.1) is 6.61 Å². The third-order valence-corrected chi connectivity index (χ3v) is 5.91. The number of hydrogen-bond donors (Lipinski definition) is 1. The second-order valence-corrected chi connectivity index (χ2v) is 7.60. The van der Waals surface area contributed by atoms with Crippen LogP contribution in [0.3, 0.4) is 0 Å². The van der Waals surface area contributed by atoms with Crippen LogP contribution in [0.15, 0.2) is 35.5 Å². The normalized spacial score (nSPS) is 39.4.